The molecule has 0 aliphatic carbocycles. The highest BCUT2D eigenvalue weighted by molar-refractivity contribution is 6.51. The largest absolute Gasteiger partial charge is 0.457 e. The normalized spacial score (nSPS) is 9.06. The number of carbonyl (C=O) groups is 1. The molecule has 1 heterocycles. The maximum atomic E-state index is 11.4. The Labute approximate surface area is 93.0 Å². The van der Waals surface area contributed by atoms with Crippen LogP contribution in [0.1, 0.15) is 12.6 Å². The van der Waals surface area contributed by atoms with E-state index in [2.05, 4.69) is 16.4 Å². The minimum atomic E-state index is -0.722. The van der Waals surface area contributed by atoms with Gasteiger partial charge in [-0.25, -0.2) is 4.79 Å². The van der Waals surface area contributed by atoms with Crippen LogP contribution in [-0.2, 0) is 9.53 Å². The molecule has 5 heteroatoms. The fraction of sp³-hybridized carbons (Fsp3) is 0.182. The number of aromatic nitrogens is 1. The zero-order valence-corrected chi connectivity index (χ0v) is 8.88. The van der Waals surface area contributed by atoms with Gasteiger partial charge in [-0.15, -0.1) is 0 Å². The molecule has 0 fully saturated rings. The lowest BCUT2D eigenvalue weighted by Crippen LogP contribution is -2.20. The van der Waals surface area contributed by atoms with Crippen molar-refractivity contribution in [3.63, 3.8) is 0 Å². The molecule has 0 aliphatic rings. The van der Waals surface area contributed by atoms with Crippen LogP contribution < -0.4 is 0 Å². The molecule has 0 amide bonds. The lowest BCUT2D eigenvalue weighted by atomic mass is 10.1. The minimum absolute atomic E-state index is 0.202. The Balaban J connectivity index is 2.96. The van der Waals surface area contributed by atoms with Gasteiger partial charge in [-0.2, -0.15) is 4.79 Å². The topological polar surface area (TPSA) is 75.6 Å². The van der Waals surface area contributed by atoms with E-state index >= 15 is 0 Å². The number of nitrogens with zero attached hydrogens (tertiary/aromatic N) is 3. The van der Waals surface area contributed by atoms with E-state index in [4.69, 9.17) is 10.3 Å². The summed E-state index contributed by atoms with van der Waals surface area (Å²) in [5, 5.41) is 0. The third-order valence-corrected chi connectivity index (χ3v) is 1.83. The second-order valence-corrected chi connectivity index (χ2v) is 2.86. The predicted molar refractivity (Wildman–Crippen MR) is 58.5 cm³/mol. The van der Waals surface area contributed by atoms with Crippen LogP contribution in [0.2, 0.25) is 0 Å². The molecule has 1 rings (SSSR count). The molecule has 16 heavy (non-hydrogen) atoms. The van der Waals surface area contributed by atoms with Gasteiger partial charge < -0.3 is 10.3 Å². The van der Waals surface area contributed by atoms with Gasteiger partial charge in [-0.05, 0) is 19.1 Å². The second kappa shape index (κ2) is 5.58. The molecule has 82 valence electrons. The lowest BCUT2D eigenvalue weighted by Gasteiger charge is -2.00. The molecule has 0 unspecified atom stereocenters. The van der Waals surface area contributed by atoms with E-state index in [-0.39, 0.29) is 17.9 Å². The zero-order valence-electron chi connectivity index (χ0n) is 8.88. The van der Waals surface area contributed by atoms with Gasteiger partial charge in [0, 0.05) is 6.20 Å². The maximum absolute atomic E-state index is 11.4. The van der Waals surface area contributed by atoms with E-state index in [1.165, 1.54) is 0 Å². The van der Waals surface area contributed by atoms with Gasteiger partial charge in [0.15, 0.2) is 0 Å². The summed E-state index contributed by atoms with van der Waals surface area (Å²) in [4.78, 5) is 18.3. The Morgan fingerprint density at radius 3 is 2.88 bits per heavy atom. The van der Waals surface area contributed by atoms with Crippen LogP contribution in [0.5, 0.6) is 0 Å². The maximum Gasteiger partial charge on any atom is 0.422 e. The van der Waals surface area contributed by atoms with Crippen molar-refractivity contribution in [2.75, 3.05) is 6.61 Å². The zero-order chi connectivity index (χ0) is 12.0. The van der Waals surface area contributed by atoms with Crippen molar-refractivity contribution in [3.05, 3.63) is 42.2 Å². The molecule has 0 saturated heterocycles. The molecule has 0 aromatic carbocycles. The molecule has 0 aliphatic heterocycles. The highest BCUT2D eigenvalue weighted by Crippen LogP contribution is 2.10. The number of esters is 1. The summed E-state index contributed by atoms with van der Waals surface area (Å²) in [6.45, 7) is 5.51. The molecule has 0 bridgehead atoms. The highest BCUT2D eigenvalue weighted by atomic mass is 16.5. The number of carbonyl (C=O) groups excluding carboxylic acids is 1. The fourth-order valence-corrected chi connectivity index (χ4v) is 1.09. The first-order chi connectivity index (χ1) is 7.70. The van der Waals surface area contributed by atoms with Gasteiger partial charge in [-0.1, -0.05) is 12.6 Å². The molecular formula is C11H11N3O2. The molecule has 0 radical (unpaired) electrons. The van der Waals surface area contributed by atoms with E-state index in [0.29, 0.717) is 5.69 Å². The standard InChI is InChI=1S/C11H11N3O2/c1-3-16-11(15)10(14-12)8(2)9-6-4-5-7-13-9/h4-7H,2-3H2,1H3. The van der Waals surface area contributed by atoms with Gasteiger partial charge >= 0.3 is 11.7 Å². The van der Waals surface area contributed by atoms with E-state index in [1.54, 1.807) is 31.3 Å². The number of hydrogen-bond donors (Lipinski definition) is 0. The number of rotatable bonds is 4. The first-order valence-electron chi connectivity index (χ1n) is 4.70. The van der Waals surface area contributed by atoms with Crippen molar-refractivity contribution in [2.24, 2.45) is 0 Å². The van der Waals surface area contributed by atoms with Crippen LogP contribution in [0.4, 0.5) is 0 Å². The summed E-state index contributed by atoms with van der Waals surface area (Å²) >= 11 is 0. The van der Waals surface area contributed by atoms with Crippen molar-refractivity contribution in [1.29, 1.82) is 0 Å². The third-order valence-electron chi connectivity index (χ3n) is 1.83. The van der Waals surface area contributed by atoms with E-state index < -0.39 is 5.97 Å². The van der Waals surface area contributed by atoms with Crippen LogP contribution in [0.25, 0.3) is 11.1 Å². The molecule has 0 N–H and O–H groups in total. The average molecular weight is 217 g/mol. The monoisotopic (exact) mass is 217 g/mol. The van der Waals surface area contributed by atoms with Gasteiger partial charge in [0.1, 0.15) is 0 Å². The number of hydrogen-bond acceptors (Lipinski definition) is 3. The third kappa shape index (κ3) is 2.62. The summed E-state index contributed by atoms with van der Waals surface area (Å²) < 4.78 is 4.72. The van der Waals surface area contributed by atoms with Gasteiger partial charge in [-0.3, -0.25) is 4.98 Å². The Morgan fingerprint density at radius 2 is 2.38 bits per heavy atom. The molecule has 0 spiro atoms. The molecule has 1 aromatic heterocycles. The van der Waals surface area contributed by atoms with Crippen LogP contribution in [0.15, 0.2) is 31.0 Å². The molecule has 5 nitrogen and oxygen atoms in total. The van der Waals surface area contributed by atoms with Gasteiger partial charge in [0.25, 0.3) is 0 Å². The average Bonchev–Trinajstić information content (AvgIpc) is 2.31. The SMILES string of the molecule is C=C(C(=[N+]=[N-])C(=O)OCC)c1ccccn1. The molecule has 0 atom stereocenters. The van der Waals surface area contributed by atoms with E-state index in [9.17, 15) is 4.79 Å². The van der Waals surface area contributed by atoms with Gasteiger partial charge in [0.2, 0.25) is 0 Å². The Hall–Kier alpha value is -2.26. The summed E-state index contributed by atoms with van der Waals surface area (Å²) in [5.41, 5.74) is 9.20. The Kier molecular flexibility index (Phi) is 4.12. The van der Waals surface area contributed by atoms with Gasteiger partial charge in [0.05, 0.1) is 17.9 Å². The predicted octanol–water partition coefficient (Wildman–Crippen LogP) is 1.33. The highest BCUT2D eigenvalue weighted by Gasteiger charge is 2.27. The summed E-state index contributed by atoms with van der Waals surface area (Å²) in [7, 11) is 0. The molecular weight excluding hydrogens is 206 g/mol. The van der Waals surface area contributed by atoms with Crippen molar-refractivity contribution < 1.29 is 14.3 Å². The van der Waals surface area contributed by atoms with Crippen LogP contribution in [0, 0.1) is 0 Å². The number of ether oxygens (including phenoxy) is 1. The van der Waals surface area contributed by atoms with Crippen LogP contribution >= 0.6 is 0 Å². The van der Waals surface area contributed by atoms with Crippen molar-refractivity contribution in [3.8, 4) is 0 Å². The summed E-state index contributed by atoms with van der Waals surface area (Å²) in [6.07, 6.45) is 1.56. The van der Waals surface area contributed by atoms with Crippen molar-refractivity contribution in [1.82, 2.24) is 4.98 Å². The first-order valence-corrected chi connectivity index (χ1v) is 4.70. The first kappa shape index (κ1) is 11.8. The number of pyridine rings is 1. The smallest absolute Gasteiger partial charge is 0.422 e. The molecule has 0 saturated carbocycles. The minimum Gasteiger partial charge on any atom is -0.457 e. The summed E-state index contributed by atoms with van der Waals surface area (Å²) in [6, 6.07) is 5.14. The van der Waals surface area contributed by atoms with Crippen LogP contribution in [0.3, 0.4) is 0 Å². The van der Waals surface area contributed by atoms with Crippen molar-refractivity contribution >= 4 is 17.3 Å². The van der Waals surface area contributed by atoms with E-state index in [1.807, 2.05) is 0 Å². The fourth-order valence-electron chi connectivity index (χ4n) is 1.09. The summed E-state index contributed by atoms with van der Waals surface area (Å²) in [5.74, 6) is -0.722. The molecule has 1 aromatic rings. The quantitative estimate of drug-likeness (QED) is 0.330. The Bertz CT molecular complexity index is 448. The van der Waals surface area contributed by atoms with Crippen molar-refractivity contribution in [2.45, 2.75) is 6.92 Å². The second-order valence-electron chi connectivity index (χ2n) is 2.86. The van der Waals surface area contributed by atoms with E-state index in [0.717, 1.165) is 0 Å². The van der Waals surface area contributed by atoms with Crippen LogP contribution in [-0.4, -0.2) is 28.1 Å². The lowest BCUT2D eigenvalue weighted by molar-refractivity contribution is -0.139. The Morgan fingerprint density at radius 1 is 1.62 bits per heavy atom.